The molecule has 0 radical (unpaired) electrons. The van der Waals surface area contributed by atoms with Gasteiger partial charge in [0.05, 0.1) is 12.2 Å². The van der Waals surface area contributed by atoms with E-state index in [4.69, 9.17) is 9.84 Å². The summed E-state index contributed by atoms with van der Waals surface area (Å²) in [6, 6.07) is 3.98. The van der Waals surface area contributed by atoms with Crippen LogP contribution >= 0.6 is 0 Å². The van der Waals surface area contributed by atoms with Crippen molar-refractivity contribution >= 4 is 5.97 Å². The highest BCUT2D eigenvalue weighted by atomic mass is 16.5. The van der Waals surface area contributed by atoms with Crippen molar-refractivity contribution < 1.29 is 19.7 Å². The van der Waals surface area contributed by atoms with Crippen LogP contribution in [0.5, 0.6) is 11.5 Å². The SMILES string of the molecule is CC(C)COc1cc(O)cc(C(=O)O)c1. The minimum Gasteiger partial charge on any atom is -0.508 e. The van der Waals surface area contributed by atoms with Crippen molar-refractivity contribution in [3.05, 3.63) is 23.8 Å². The fraction of sp³-hybridized carbons (Fsp3) is 0.364. The zero-order valence-corrected chi connectivity index (χ0v) is 8.73. The minimum absolute atomic E-state index is 0.0220. The lowest BCUT2D eigenvalue weighted by Gasteiger charge is -2.09. The van der Waals surface area contributed by atoms with E-state index < -0.39 is 5.97 Å². The lowest BCUT2D eigenvalue weighted by atomic mass is 10.2. The third-order valence-corrected chi connectivity index (χ3v) is 1.72. The van der Waals surface area contributed by atoms with Gasteiger partial charge >= 0.3 is 5.97 Å². The van der Waals surface area contributed by atoms with Gasteiger partial charge in [-0.2, -0.15) is 0 Å². The number of aromatic hydroxyl groups is 1. The number of hydrogen-bond donors (Lipinski definition) is 2. The molecule has 1 rings (SSSR count). The second-order valence-electron chi connectivity index (χ2n) is 3.73. The number of benzene rings is 1. The van der Waals surface area contributed by atoms with E-state index in [2.05, 4.69) is 0 Å². The molecule has 1 aromatic carbocycles. The van der Waals surface area contributed by atoms with Gasteiger partial charge in [0.2, 0.25) is 0 Å². The Labute approximate surface area is 88.1 Å². The summed E-state index contributed by atoms with van der Waals surface area (Å²) in [7, 11) is 0. The van der Waals surface area contributed by atoms with Gasteiger partial charge < -0.3 is 14.9 Å². The van der Waals surface area contributed by atoms with Crippen LogP contribution in [0.1, 0.15) is 24.2 Å². The highest BCUT2D eigenvalue weighted by Crippen LogP contribution is 2.22. The van der Waals surface area contributed by atoms with Crippen LogP contribution in [0.15, 0.2) is 18.2 Å². The van der Waals surface area contributed by atoms with Crippen LogP contribution in [0.3, 0.4) is 0 Å². The highest BCUT2D eigenvalue weighted by molar-refractivity contribution is 5.88. The van der Waals surface area contributed by atoms with Crippen LogP contribution < -0.4 is 4.74 Å². The molecule has 0 fully saturated rings. The van der Waals surface area contributed by atoms with Crippen molar-refractivity contribution in [3.63, 3.8) is 0 Å². The zero-order chi connectivity index (χ0) is 11.4. The molecule has 0 spiro atoms. The van der Waals surface area contributed by atoms with Gasteiger partial charge in [-0.15, -0.1) is 0 Å². The predicted octanol–water partition coefficient (Wildman–Crippen LogP) is 2.13. The van der Waals surface area contributed by atoms with Gasteiger partial charge in [-0.05, 0) is 18.1 Å². The molecule has 0 saturated carbocycles. The summed E-state index contributed by atoms with van der Waals surface area (Å²) in [4.78, 5) is 10.7. The fourth-order valence-corrected chi connectivity index (χ4v) is 1.05. The summed E-state index contributed by atoms with van der Waals surface area (Å²) >= 11 is 0. The molecule has 4 heteroatoms. The molecule has 82 valence electrons. The molecule has 0 heterocycles. The average Bonchev–Trinajstić information content (AvgIpc) is 2.13. The van der Waals surface area contributed by atoms with E-state index in [0.29, 0.717) is 18.3 Å². The molecule has 0 aliphatic carbocycles. The van der Waals surface area contributed by atoms with Gasteiger partial charge in [-0.1, -0.05) is 13.8 Å². The quantitative estimate of drug-likeness (QED) is 0.798. The number of carbonyl (C=O) groups is 1. The summed E-state index contributed by atoms with van der Waals surface area (Å²) < 4.78 is 5.32. The van der Waals surface area contributed by atoms with Gasteiger partial charge in [0.25, 0.3) is 0 Å². The smallest absolute Gasteiger partial charge is 0.335 e. The minimum atomic E-state index is -1.08. The van der Waals surface area contributed by atoms with Crippen LogP contribution in [0.25, 0.3) is 0 Å². The molecule has 0 saturated heterocycles. The normalized spacial score (nSPS) is 10.3. The standard InChI is InChI=1S/C11H14O4/c1-7(2)6-15-10-4-8(11(13)14)3-9(12)5-10/h3-5,7,12H,6H2,1-2H3,(H,13,14). The Hall–Kier alpha value is -1.71. The average molecular weight is 210 g/mol. The third-order valence-electron chi connectivity index (χ3n) is 1.72. The molecule has 1 aromatic rings. The lowest BCUT2D eigenvalue weighted by molar-refractivity contribution is 0.0696. The Morgan fingerprint density at radius 2 is 2.07 bits per heavy atom. The molecule has 0 aliphatic rings. The molecule has 0 atom stereocenters. The van der Waals surface area contributed by atoms with Crippen molar-refractivity contribution in [3.8, 4) is 11.5 Å². The van der Waals surface area contributed by atoms with Crippen LogP contribution in [-0.4, -0.2) is 22.8 Å². The zero-order valence-electron chi connectivity index (χ0n) is 8.73. The monoisotopic (exact) mass is 210 g/mol. The molecule has 15 heavy (non-hydrogen) atoms. The van der Waals surface area contributed by atoms with Crippen molar-refractivity contribution in [2.45, 2.75) is 13.8 Å². The Morgan fingerprint density at radius 1 is 1.40 bits per heavy atom. The summed E-state index contributed by atoms with van der Waals surface area (Å²) in [6.07, 6.45) is 0. The molecule has 2 N–H and O–H groups in total. The van der Waals surface area contributed by atoms with Crippen LogP contribution in [0.4, 0.5) is 0 Å². The van der Waals surface area contributed by atoms with E-state index in [1.165, 1.54) is 18.2 Å². The maximum atomic E-state index is 10.7. The second kappa shape index (κ2) is 4.68. The first-order valence-electron chi connectivity index (χ1n) is 4.69. The lowest BCUT2D eigenvalue weighted by Crippen LogP contribution is -2.05. The van der Waals surface area contributed by atoms with Gasteiger partial charge in [0.15, 0.2) is 0 Å². The molecule has 0 aliphatic heterocycles. The molecule has 0 aromatic heterocycles. The van der Waals surface area contributed by atoms with E-state index >= 15 is 0 Å². The summed E-state index contributed by atoms with van der Waals surface area (Å²) in [5.41, 5.74) is 0.0220. The number of aromatic carboxylic acids is 1. The number of phenolic OH excluding ortho intramolecular Hbond substituents is 1. The highest BCUT2D eigenvalue weighted by Gasteiger charge is 2.07. The first kappa shape index (κ1) is 11.4. The van der Waals surface area contributed by atoms with E-state index in [0.717, 1.165) is 0 Å². The van der Waals surface area contributed by atoms with Gasteiger partial charge in [0, 0.05) is 6.07 Å². The van der Waals surface area contributed by atoms with Crippen LogP contribution in [-0.2, 0) is 0 Å². The molecular weight excluding hydrogens is 196 g/mol. The van der Waals surface area contributed by atoms with Crippen molar-refractivity contribution in [1.29, 1.82) is 0 Å². The summed E-state index contributed by atoms with van der Waals surface area (Å²) in [6.45, 7) is 4.46. The number of phenols is 1. The Kier molecular flexibility index (Phi) is 3.55. The molecule has 0 unspecified atom stereocenters. The Morgan fingerprint density at radius 3 is 2.60 bits per heavy atom. The maximum absolute atomic E-state index is 10.7. The van der Waals surface area contributed by atoms with Gasteiger partial charge in [-0.3, -0.25) is 0 Å². The van der Waals surface area contributed by atoms with E-state index in [9.17, 15) is 9.90 Å². The Balaban J connectivity index is 2.84. The largest absolute Gasteiger partial charge is 0.508 e. The van der Waals surface area contributed by atoms with Crippen molar-refractivity contribution in [1.82, 2.24) is 0 Å². The molecule has 4 nitrogen and oxygen atoms in total. The second-order valence-corrected chi connectivity index (χ2v) is 3.73. The van der Waals surface area contributed by atoms with E-state index in [1.54, 1.807) is 0 Å². The van der Waals surface area contributed by atoms with Crippen molar-refractivity contribution in [2.75, 3.05) is 6.61 Å². The number of carboxylic acid groups (broad SMARTS) is 1. The maximum Gasteiger partial charge on any atom is 0.335 e. The fourth-order valence-electron chi connectivity index (χ4n) is 1.05. The number of ether oxygens (including phenoxy) is 1. The molecule has 0 amide bonds. The van der Waals surface area contributed by atoms with Crippen molar-refractivity contribution in [2.24, 2.45) is 5.92 Å². The predicted molar refractivity (Wildman–Crippen MR) is 55.4 cm³/mol. The van der Waals surface area contributed by atoms with Crippen LogP contribution in [0, 0.1) is 5.92 Å². The van der Waals surface area contributed by atoms with E-state index in [1.807, 2.05) is 13.8 Å². The topological polar surface area (TPSA) is 66.8 Å². The third kappa shape index (κ3) is 3.50. The number of carboxylic acids is 1. The number of rotatable bonds is 4. The molecular formula is C11H14O4. The Bertz CT molecular complexity index is 358. The van der Waals surface area contributed by atoms with Crippen LogP contribution in [0.2, 0.25) is 0 Å². The van der Waals surface area contributed by atoms with Gasteiger partial charge in [-0.25, -0.2) is 4.79 Å². The first-order chi connectivity index (χ1) is 6.99. The van der Waals surface area contributed by atoms with E-state index in [-0.39, 0.29) is 11.3 Å². The first-order valence-corrected chi connectivity index (χ1v) is 4.69. The summed E-state index contributed by atoms with van der Waals surface area (Å²) in [5.74, 6) is -0.462. The molecule has 0 bridgehead atoms. The van der Waals surface area contributed by atoms with Gasteiger partial charge in [0.1, 0.15) is 11.5 Å². The number of hydrogen-bond acceptors (Lipinski definition) is 3. The summed E-state index contributed by atoms with van der Waals surface area (Å²) in [5, 5.41) is 18.0.